The summed E-state index contributed by atoms with van der Waals surface area (Å²) in [7, 11) is 1.87. The molecule has 4 unspecified atom stereocenters. The summed E-state index contributed by atoms with van der Waals surface area (Å²) in [4.78, 5) is 8.57. The van der Waals surface area contributed by atoms with Gasteiger partial charge in [-0.05, 0) is 12.8 Å². The average Bonchev–Trinajstić information content (AvgIpc) is 2.87. The first-order valence-corrected chi connectivity index (χ1v) is 7.02. The van der Waals surface area contributed by atoms with Gasteiger partial charge in [-0.25, -0.2) is 9.97 Å². The first kappa shape index (κ1) is 12.0. The fourth-order valence-corrected chi connectivity index (χ4v) is 3.36. The van der Waals surface area contributed by atoms with Crippen LogP contribution in [-0.4, -0.2) is 44.5 Å². The zero-order valence-electron chi connectivity index (χ0n) is 11.4. The van der Waals surface area contributed by atoms with Crippen molar-refractivity contribution >= 4 is 16.9 Å². The van der Waals surface area contributed by atoms with Crippen LogP contribution in [0.5, 0.6) is 0 Å². The molecule has 1 saturated heterocycles. The van der Waals surface area contributed by atoms with E-state index in [0.717, 1.165) is 36.3 Å². The molecule has 2 fully saturated rings. The van der Waals surface area contributed by atoms with Crippen molar-refractivity contribution in [1.82, 2.24) is 19.7 Å². The van der Waals surface area contributed by atoms with Crippen LogP contribution in [0.1, 0.15) is 12.8 Å². The number of nitrogens with zero attached hydrogens (tertiary/aromatic N) is 4. The number of fused-ring (bicyclic) bond motifs is 2. The molecule has 7 heteroatoms. The molecule has 2 aromatic rings. The number of anilines is 1. The van der Waals surface area contributed by atoms with E-state index in [4.69, 9.17) is 10.5 Å². The predicted octanol–water partition coefficient (Wildman–Crippen LogP) is 0.280. The minimum atomic E-state index is 0.124. The Labute approximate surface area is 116 Å². The second-order valence-corrected chi connectivity index (χ2v) is 5.62. The third-order valence-electron chi connectivity index (χ3n) is 4.51. The van der Waals surface area contributed by atoms with Crippen molar-refractivity contribution in [2.45, 2.75) is 31.0 Å². The van der Waals surface area contributed by atoms with Crippen LogP contribution in [0.4, 0.5) is 5.82 Å². The summed E-state index contributed by atoms with van der Waals surface area (Å²) in [6, 6.07) is 0.251. The van der Waals surface area contributed by atoms with Crippen LogP contribution in [0.2, 0.25) is 0 Å². The number of aryl methyl sites for hydroxylation is 1. The summed E-state index contributed by atoms with van der Waals surface area (Å²) in [5.74, 6) is 1.27. The standard InChI is InChI=1S/C13H18N6O/c1-19-13-8(5-17-19)12(15-6-16-13)18-10-9(14)7-3-2-4-20-11(7)10/h5-7,9-11H,2-4,14H2,1H3,(H,15,16,18). The summed E-state index contributed by atoms with van der Waals surface area (Å²) in [5, 5.41) is 8.57. The van der Waals surface area contributed by atoms with E-state index in [1.165, 1.54) is 0 Å². The lowest BCUT2D eigenvalue weighted by molar-refractivity contribution is -0.104. The first-order chi connectivity index (χ1) is 9.75. The molecule has 1 aliphatic heterocycles. The SMILES string of the molecule is Cn1ncc2c(NC3C(N)C4CCCOC43)ncnc21. The van der Waals surface area contributed by atoms with Gasteiger partial charge in [0, 0.05) is 25.6 Å². The molecule has 0 amide bonds. The number of nitrogens with two attached hydrogens (primary N) is 1. The highest BCUT2D eigenvalue weighted by atomic mass is 16.5. The quantitative estimate of drug-likeness (QED) is 0.817. The van der Waals surface area contributed by atoms with Gasteiger partial charge in [-0.2, -0.15) is 5.10 Å². The molecular formula is C13H18N6O. The van der Waals surface area contributed by atoms with E-state index in [2.05, 4.69) is 20.4 Å². The fourth-order valence-electron chi connectivity index (χ4n) is 3.36. The van der Waals surface area contributed by atoms with E-state index in [1.807, 2.05) is 7.05 Å². The van der Waals surface area contributed by atoms with Gasteiger partial charge < -0.3 is 15.8 Å². The van der Waals surface area contributed by atoms with Gasteiger partial charge in [0.2, 0.25) is 0 Å². The molecule has 2 aromatic heterocycles. The maximum Gasteiger partial charge on any atom is 0.163 e. The van der Waals surface area contributed by atoms with Crippen molar-refractivity contribution in [3.05, 3.63) is 12.5 Å². The predicted molar refractivity (Wildman–Crippen MR) is 74.2 cm³/mol. The van der Waals surface area contributed by atoms with Crippen LogP contribution >= 0.6 is 0 Å². The Hall–Kier alpha value is -1.73. The smallest absolute Gasteiger partial charge is 0.163 e. The van der Waals surface area contributed by atoms with Crippen molar-refractivity contribution in [2.24, 2.45) is 18.7 Å². The number of hydrogen-bond acceptors (Lipinski definition) is 6. The third-order valence-corrected chi connectivity index (χ3v) is 4.51. The fraction of sp³-hybridized carbons (Fsp3) is 0.615. The topological polar surface area (TPSA) is 90.9 Å². The number of aromatic nitrogens is 4. The summed E-state index contributed by atoms with van der Waals surface area (Å²) in [6.07, 6.45) is 5.81. The highest BCUT2D eigenvalue weighted by molar-refractivity contribution is 5.86. The summed E-state index contributed by atoms with van der Waals surface area (Å²) < 4.78 is 7.58. The zero-order chi connectivity index (χ0) is 13.7. The average molecular weight is 274 g/mol. The van der Waals surface area contributed by atoms with Gasteiger partial charge in [0.1, 0.15) is 12.1 Å². The Morgan fingerprint density at radius 2 is 2.35 bits per heavy atom. The highest BCUT2D eigenvalue weighted by Gasteiger charge is 2.50. The minimum absolute atomic E-state index is 0.124. The first-order valence-electron chi connectivity index (χ1n) is 7.02. The monoisotopic (exact) mass is 274 g/mol. The zero-order valence-corrected chi connectivity index (χ0v) is 11.4. The van der Waals surface area contributed by atoms with E-state index in [1.54, 1.807) is 17.2 Å². The van der Waals surface area contributed by atoms with Gasteiger partial charge in [-0.1, -0.05) is 0 Å². The van der Waals surface area contributed by atoms with Crippen LogP contribution in [0, 0.1) is 5.92 Å². The molecule has 4 rings (SSSR count). The van der Waals surface area contributed by atoms with Crippen molar-refractivity contribution < 1.29 is 4.74 Å². The third kappa shape index (κ3) is 1.63. The number of nitrogens with one attached hydrogen (secondary N) is 1. The summed E-state index contributed by atoms with van der Waals surface area (Å²) in [5.41, 5.74) is 7.08. The van der Waals surface area contributed by atoms with Crippen molar-refractivity contribution in [1.29, 1.82) is 0 Å². The van der Waals surface area contributed by atoms with Crippen molar-refractivity contribution in [3.63, 3.8) is 0 Å². The molecule has 4 atom stereocenters. The highest BCUT2D eigenvalue weighted by Crippen LogP contribution is 2.38. The Morgan fingerprint density at radius 3 is 3.25 bits per heavy atom. The van der Waals surface area contributed by atoms with Crippen LogP contribution in [0.3, 0.4) is 0 Å². The summed E-state index contributed by atoms with van der Waals surface area (Å²) >= 11 is 0. The van der Waals surface area contributed by atoms with Crippen LogP contribution in [0.15, 0.2) is 12.5 Å². The molecule has 0 spiro atoms. The number of hydrogen-bond donors (Lipinski definition) is 2. The Kier molecular flexibility index (Phi) is 2.64. The molecule has 3 heterocycles. The number of ether oxygens (including phenoxy) is 1. The van der Waals surface area contributed by atoms with Crippen LogP contribution in [-0.2, 0) is 11.8 Å². The molecule has 7 nitrogen and oxygen atoms in total. The maximum absolute atomic E-state index is 6.27. The van der Waals surface area contributed by atoms with E-state index < -0.39 is 0 Å². The van der Waals surface area contributed by atoms with Gasteiger partial charge in [0.15, 0.2) is 5.65 Å². The van der Waals surface area contributed by atoms with Crippen LogP contribution in [0.25, 0.3) is 11.0 Å². The second kappa shape index (κ2) is 4.39. The van der Waals surface area contributed by atoms with E-state index >= 15 is 0 Å². The van der Waals surface area contributed by atoms with Gasteiger partial charge >= 0.3 is 0 Å². The molecule has 1 aliphatic carbocycles. The maximum atomic E-state index is 6.27. The van der Waals surface area contributed by atoms with Gasteiger partial charge in [-0.15, -0.1) is 0 Å². The molecule has 0 bridgehead atoms. The van der Waals surface area contributed by atoms with E-state index in [-0.39, 0.29) is 18.2 Å². The van der Waals surface area contributed by atoms with Crippen molar-refractivity contribution in [2.75, 3.05) is 11.9 Å². The Morgan fingerprint density at radius 1 is 1.45 bits per heavy atom. The van der Waals surface area contributed by atoms with Gasteiger partial charge in [-0.3, -0.25) is 4.68 Å². The van der Waals surface area contributed by atoms with E-state index in [9.17, 15) is 0 Å². The van der Waals surface area contributed by atoms with Gasteiger partial charge in [0.05, 0.1) is 23.7 Å². The van der Waals surface area contributed by atoms with Gasteiger partial charge in [0.25, 0.3) is 0 Å². The van der Waals surface area contributed by atoms with Crippen molar-refractivity contribution in [3.8, 4) is 0 Å². The molecule has 20 heavy (non-hydrogen) atoms. The molecule has 0 aromatic carbocycles. The number of rotatable bonds is 2. The van der Waals surface area contributed by atoms with Crippen LogP contribution < -0.4 is 11.1 Å². The largest absolute Gasteiger partial charge is 0.376 e. The minimum Gasteiger partial charge on any atom is -0.376 e. The summed E-state index contributed by atoms with van der Waals surface area (Å²) in [6.45, 7) is 0.831. The molecule has 106 valence electrons. The molecule has 3 N–H and O–H groups in total. The molecular weight excluding hydrogens is 256 g/mol. The lowest BCUT2D eigenvalue weighted by Gasteiger charge is -2.52. The van der Waals surface area contributed by atoms with E-state index in [0.29, 0.717) is 5.92 Å². The lowest BCUT2D eigenvalue weighted by atomic mass is 9.68. The lowest BCUT2D eigenvalue weighted by Crippen LogP contribution is -2.69. The normalized spacial score (nSPS) is 32.7. The second-order valence-electron chi connectivity index (χ2n) is 5.62. The Balaban J connectivity index is 1.62. The molecule has 1 saturated carbocycles. The molecule has 0 radical (unpaired) electrons. The molecule has 2 aliphatic rings. The Bertz CT molecular complexity index is 641.